The molecular formula is C23H35N3O3. The van der Waals surface area contributed by atoms with E-state index in [1.54, 1.807) is 7.11 Å². The van der Waals surface area contributed by atoms with Gasteiger partial charge in [0.2, 0.25) is 11.8 Å². The molecular weight excluding hydrogens is 366 g/mol. The van der Waals surface area contributed by atoms with E-state index in [-0.39, 0.29) is 17.9 Å². The lowest BCUT2D eigenvalue weighted by Gasteiger charge is -2.35. The molecule has 2 amide bonds. The van der Waals surface area contributed by atoms with Crippen LogP contribution in [0.1, 0.15) is 45.6 Å². The summed E-state index contributed by atoms with van der Waals surface area (Å²) in [5.41, 5.74) is 0.277. The van der Waals surface area contributed by atoms with Gasteiger partial charge in [-0.05, 0) is 50.6 Å². The van der Waals surface area contributed by atoms with Gasteiger partial charge >= 0.3 is 0 Å². The first-order chi connectivity index (χ1) is 14.0. The maximum atomic E-state index is 14.0. The van der Waals surface area contributed by atoms with E-state index < -0.39 is 5.41 Å². The van der Waals surface area contributed by atoms with Crippen LogP contribution in [-0.2, 0) is 15.0 Å². The zero-order valence-corrected chi connectivity index (χ0v) is 18.3. The van der Waals surface area contributed by atoms with Crippen molar-refractivity contribution >= 4 is 11.8 Å². The van der Waals surface area contributed by atoms with Crippen molar-refractivity contribution in [3.05, 3.63) is 29.8 Å². The fourth-order valence-electron chi connectivity index (χ4n) is 4.90. The lowest BCUT2D eigenvalue weighted by molar-refractivity contribution is -0.137. The number of benzene rings is 1. The smallest absolute Gasteiger partial charge is 0.235 e. The number of likely N-dealkylation sites (N-methyl/N-ethyl adjacent to an activating group) is 2. The van der Waals surface area contributed by atoms with E-state index in [1.807, 2.05) is 41.0 Å². The molecule has 0 N–H and O–H groups in total. The van der Waals surface area contributed by atoms with Crippen molar-refractivity contribution in [3.8, 4) is 5.75 Å². The quantitative estimate of drug-likeness (QED) is 0.638. The Kier molecular flexibility index (Phi) is 6.83. The van der Waals surface area contributed by atoms with E-state index in [0.717, 1.165) is 37.4 Å². The van der Waals surface area contributed by atoms with E-state index in [1.165, 1.54) is 0 Å². The number of carbonyl (C=O) groups is 2. The number of methoxy groups -OCH3 is 1. The first-order valence-corrected chi connectivity index (χ1v) is 10.9. The second-order valence-electron chi connectivity index (χ2n) is 8.14. The van der Waals surface area contributed by atoms with Crippen LogP contribution in [0.5, 0.6) is 5.75 Å². The third kappa shape index (κ3) is 4.13. The van der Waals surface area contributed by atoms with Gasteiger partial charge in [0.1, 0.15) is 5.75 Å². The third-order valence-corrected chi connectivity index (χ3v) is 6.76. The van der Waals surface area contributed by atoms with E-state index in [2.05, 4.69) is 18.7 Å². The van der Waals surface area contributed by atoms with Crippen LogP contribution >= 0.6 is 0 Å². The third-order valence-electron chi connectivity index (χ3n) is 6.76. The maximum absolute atomic E-state index is 14.0. The number of carbonyl (C=O) groups excluding carboxylic acids is 2. The van der Waals surface area contributed by atoms with Gasteiger partial charge in [-0.2, -0.15) is 0 Å². The summed E-state index contributed by atoms with van der Waals surface area (Å²) in [5.74, 6) is 1.07. The van der Waals surface area contributed by atoms with Crippen molar-refractivity contribution in [1.29, 1.82) is 0 Å². The van der Waals surface area contributed by atoms with Crippen LogP contribution in [0.2, 0.25) is 0 Å². The molecule has 2 aliphatic heterocycles. The molecule has 29 heavy (non-hydrogen) atoms. The molecule has 2 fully saturated rings. The number of rotatable bonds is 9. The van der Waals surface area contributed by atoms with Crippen LogP contribution in [0.4, 0.5) is 0 Å². The highest BCUT2D eigenvalue weighted by atomic mass is 16.5. The van der Waals surface area contributed by atoms with Crippen LogP contribution in [0.3, 0.4) is 0 Å². The van der Waals surface area contributed by atoms with Crippen LogP contribution in [0.15, 0.2) is 24.3 Å². The second-order valence-corrected chi connectivity index (χ2v) is 8.14. The predicted octanol–water partition coefficient (Wildman–Crippen LogP) is 2.52. The SMILES string of the molecule is CCN(CC)CCN(CC)C(=O)[C@@]1(c2cccc(OC)c2)C[C@@H]2CCC(=O)N2C1. The van der Waals surface area contributed by atoms with Crippen molar-refractivity contribution in [3.63, 3.8) is 0 Å². The number of hydrogen-bond acceptors (Lipinski definition) is 4. The molecule has 0 saturated carbocycles. The Morgan fingerprint density at radius 1 is 1.21 bits per heavy atom. The van der Waals surface area contributed by atoms with E-state index in [9.17, 15) is 9.59 Å². The molecule has 6 heteroatoms. The summed E-state index contributed by atoms with van der Waals surface area (Å²) < 4.78 is 5.44. The van der Waals surface area contributed by atoms with Crippen molar-refractivity contribution in [2.45, 2.75) is 51.5 Å². The minimum Gasteiger partial charge on any atom is -0.497 e. The molecule has 2 atom stereocenters. The highest BCUT2D eigenvalue weighted by Gasteiger charge is 2.54. The summed E-state index contributed by atoms with van der Waals surface area (Å²) in [5, 5.41) is 0. The molecule has 0 aliphatic carbocycles. The molecule has 6 nitrogen and oxygen atoms in total. The molecule has 0 unspecified atom stereocenters. The minimum atomic E-state index is -0.686. The molecule has 0 aromatic heterocycles. The number of amides is 2. The summed E-state index contributed by atoms with van der Waals surface area (Å²) in [7, 11) is 1.65. The van der Waals surface area contributed by atoms with Gasteiger partial charge in [-0.3, -0.25) is 9.59 Å². The first kappa shape index (κ1) is 21.6. The molecule has 2 heterocycles. The van der Waals surface area contributed by atoms with Gasteiger partial charge in [-0.1, -0.05) is 26.0 Å². The Morgan fingerprint density at radius 3 is 2.59 bits per heavy atom. The average molecular weight is 402 g/mol. The molecule has 0 radical (unpaired) electrons. The predicted molar refractivity (Wildman–Crippen MR) is 114 cm³/mol. The van der Waals surface area contributed by atoms with E-state index >= 15 is 0 Å². The van der Waals surface area contributed by atoms with E-state index in [4.69, 9.17) is 4.74 Å². The molecule has 3 rings (SSSR count). The topological polar surface area (TPSA) is 53.1 Å². The van der Waals surface area contributed by atoms with Crippen molar-refractivity contribution in [1.82, 2.24) is 14.7 Å². The van der Waals surface area contributed by atoms with E-state index in [0.29, 0.717) is 32.5 Å². The molecule has 1 aromatic rings. The summed E-state index contributed by atoms with van der Waals surface area (Å²) >= 11 is 0. The minimum absolute atomic E-state index is 0.141. The average Bonchev–Trinajstić information content (AvgIpc) is 3.30. The fourth-order valence-corrected chi connectivity index (χ4v) is 4.90. The van der Waals surface area contributed by atoms with Crippen LogP contribution in [0, 0.1) is 0 Å². The number of ether oxygens (including phenoxy) is 1. The van der Waals surface area contributed by atoms with Crippen molar-refractivity contribution in [2.24, 2.45) is 0 Å². The zero-order chi connectivity index (χ0) is 21.0. The van der Waals surface area contributed by atoms with Crippen LogP contribution in [-0.4, -0.2) is 78.9 Å². The van der Waals surface area contributed by atoms with Gasteiger partial charge in [0.25, 0.3) is 0 Å². The molecule has 1 aromatic carbocycles. The summed E-state index contributed by atoms with van der Waals surface area (Å²) in [4.78, 5) is 32.6. The monoisotopic (exact) mass is 401 g/mol. The molecule has 2 saturated heterocycles. The van der Waals surface area contributed by atoms with Crippen molar-refractivity contribution in [2.75, 3.05) is 46.4 Å². The number of hydrogen-bond donors (Lipinski definition) is 0. The summed E-state index contributed by atoms with van der Waals surface area (Å²) in [6.07, 6.45) is 2.16. The standard InChI is InChI=1S/C23H35N3O3/c1-5-24(6-2)13-14-25(7-3)22(28)23(18-9-8-10-20(15-18)29-4)16-19-11-12-21(27)26(19)17-23/h8-10,15,19H,5-7,11-14,16-17H2,1-4H3/t19-,23-/m0/s1. The van der Waals surface area contributed by atoms with Gasteiger partial charge in [-0.15, -0.1) is 0 Å². The number of fused-ring (bicyclic) bond motifs is 1. The summed E-state index contributed by atoms with van der Waals surface area (Å²) in [6.45, 7) is 11.0. The normalized spacial score (nSPS) is 23.6. The zero-order valence-electron chi connectivity index (χ0n) is 18.3. The lowest BCUT2D eigenvalue weighted by Crippen LogP contribution is -2.50. The van der Waals surface area contributed by atoms with Gasteiger partial charge in [0.05, 0.1) is 12.5 Å². The second kappa shape index (κ2) is 9.16. The Labute approximate surface area is 174 Å². The van der Waals surface area contributed by atoms with Gasteiger partial charge in [-0.25, -0.2) is 0 Å². The maximum Gasteiger partial charge on any atom is 0.235 e. The van der Waals surface area contributed by atoms with Gasteiger partial charge in [0, 0.05) is 38.6 Å². The van der Waals surface area contributed by atoms with Crippen LogP contribution in [0.25, 0.3) is 0 Å². The highest BCUT2D eigenvalue weighted by molar-refractivity contribution is 5.91. The molecule has 160 valence electrons. The molecule has 2 aliphatic rings. The van der Waals surface area contributed by atoms with Gasteiger partial charge < -0.3 is 19.4 Å². The number of nitrogens with zero attached hydrogens (tertiary/aromatic N) is 3. The Hall–Kier alpha value is -2.08. The van der Waals surface area contributed by atoms with Gasteiger partial charge in [0.15, 0.2) is 0 Å². The molecule has 0 spiro atoms. The fraction of sp³-hybridized carbons (Fsp3) is 0.652. The largest absolute Gasteiger partial charge is 0.497 e. The lowest BCUT2D eigenvalue weighted by atomic mass is 9.76. The Bertz CT molecular complexity index is 734. The summed E-state index contributed by atoms with van der Waals surface area (Å²) in [6, 6.07) is 8.01. The Balaban J connectivity index is 1.92. The first-order valence-electron chi connectivity index (χ1n) is 10.9. The molecule has 0 bridgehead atoms. The van der Waals surface area contributed by atoms with Crippen LogP contribution < -0.4 is 4.74 Å². The Morgan fingerprint density at radius 2 is 1.97 bits per heavy atom. The highest BCUT2D eigenvalue weighted by Crippen LogP contribution is 2.44. The van der Waals surface area contributed by atoms with Crippen molar-refractivity contribution < 1.29 is 14.3 Å².